The van der Waals surface area contributed by atoms with Gasteiger partial charge in [0.15, 0.2) is 4.34 Å². The van der Waals surface area contributed by atoms with Crippen LogP contribution < -0.4 is 15.5 Å². The molecule has 1 aliphatic rings. The van der Waals surface area contributed by atoms with Gasteiger partial charge in [-0.25, -0.2) is 9.37 Å². The first-order valence-corrected chi connectivity index (χ1v) is 12.7. The van der Waals surface area contributed by atoms with Crippen molar-refractivity contribution in [3.63, 3.8) is 0 Å². The summed E-state index contributed by atoms with van der Waals surface area (Å²) in [4.78, 5) is 43.7. The number of aromatic nitrogens is 1. The van der Waals surface area contributed by atoms with Crippen LogP contribution in [0.4, 0.5) is 15.1 Å². The molecule has 1 unspecified atom stereocenters. The fraction of sp³-hybridized carbons (Fsp3) is 0.200. The molecular weight excluding hydrogens is 487 g/mol. The molecule has 2 heterocycles. The maximum atomic E-state index is 13.6. The summed E-state index contributed by atoms with van der Waals surface area (Å²) in [5.41, 5.74) is 1.86. The molecule has 1 saturated heterocycles. The molecular formula is C25H23FN4O3S2. The summed E-state index contributed by atoms with van der Waals surface area (Å²) in [5, 5.41) is 6.20. The lowest BCUT2D eigenvalue weighted by Gasteiger charge is -2.16. The van der Waals surface area contributed by atoms with Crippen LogP contribution in [0.25, 0.3) is 11.3 Å². The van der Waals surface area contributed by atoms with Crippen LogP contribution in [0.15, 0.2) is 71.6 Å². The number of nitrogens with zero attached hydrogens (tertiary/aromatic N) is 2. The van der Waals surface area contributed by atoms with E-state index in [1.54, 1.807) is 12.1 Å². The van der Waals surface area contributed by atoms with E-state index in [9.17, 15) is 18.8 Å². The average molecular weight is 511 g/mol. The van der Waals surface area contributed by atoms with Crippen LogP contribution in [0.3, 0.4) is 0 Å². The number of hydrogen-bond donors (Lipinski definition) is 2. The molecule has 1 aromatic heterocycles. The fourth-order valence-electron chi connectivity index (χ4n) is 3.59. The van der Waals surface area contributed by atoms with Gasteiger partial charge in [0.25, 0.3) is 0 Å². The van der Waals surface area contributed by atoms with E-state index in [1.807, 2.05) is 30.3 Å². The lowest BCUT2D eigenvalue weighted by Crippen LogP contribution is -2.28. The van der Waals surface area contributed by atoms with Gasteiger partial charge < -0.3 is 15.5 Å². The molecule has 3 amide bonds. The van der Waals surface area contributed by atoms with Crippen molar-refractivity contribution in [2.24, 2.45) is 5.92 Å². The van der Waals surface area contributed by atoms with Gasteiger partial charge in [-0.15, -0.1) is 6.58 Å². The quantitative estimate of drug-likeness (QED) is 0.330. The number of halogens is 1. The number of amides is 3. The van der Waals surface area contributed by atoms with Crippen molar-refractivity contribution in [3.05, 3.63) is 73.1 Å². The first-order chi connectivity index (χ1) is 16.9. The molecule has 180 valence electrons. The van der Waals surface area contributed by atoms with E-state index < -0.39 is 11.7 Å². The van der Waals surface area contributed by atoms with E-state index in [-0.39, 0.29) is 36.4 Å². The van der Waals surface area contributed by atoms with Crippen molar-refractivity contribution in [2.75, 3.05) is 29.1 Å². The second-order valence-corrected chi connectivity index (χ2v) is 10.0. The predicted molar refractivity (Wildman–Crippen MR) is 137 cm³/mol. The molecule has 0 spiro atoms. The summed E-state index contributed by atoms with van der Waals surface area (Å²) in [6.07, 6.45) is 1.64. The van der Waals surface area contributed by atoms with E-state index in [0.717, 1.165) is 5.56 Å². The zero-order valence-electron chi connectivity index (χ0n) is 18.7. The van der Waals surface area contributed by atoms with Crippen molar-refractivity contribution < 1.29 is 18.8 Å². The van der Waals surface area contributed by atoms with E-state index in [2.05, 4.69) is 22.2 Å². The molecule has 0 bridgehead atoms. The zero-order valence-corrected chi connectivity index (χ0v) is 20.3. The minimum Gasteiger partial charge on any atom is -0.352 e. The highest BCUT2D eigenvalue weighted by atomic mass is 32.2. The summed E-state index contributed by atoms with van der Waals surface area (Å²) >= 11 is 2.56. The van der Waals surface area contributed by atoms with Crippen molar-refractivity contribution in [1.82, 2.24) is 10.3 Å². The van der Waals surface area contributed by atoms with Crippen molar-refractivity contribution in [1.29, 1.82) is 0 Å². The second-order valence-electron chi connectivity index (χ2n) is 7.78. The van der Waals surface area contributed by atoms with Crippen LogP contribution in [-0.4, -0.2) is 41.5 Å². The zero-order chi connectivity index (χ0) is 24.8. The first kappa shape index (κ1) is 24.6. The number of rotatable bonds is 9. The number of hydrogen-bond acceptors (Lipinski definition) is 6. The van der Waals surface area contributed by atoms with E-state index in [1.165, 1.54) is 46.2 Å². The van der Waals surface area contributed by atoms with E-state index in [0.29, 0.717) is 27.3 Å². The maximum Gasteiger partial charge on any atom is 0.230 e. The Morgan fingerprint density at radius 1 is 1.23 bits per heavy atom. The van der Waals surface area contributed by atoms with Crippen LogP contribution in [0.5, 0.6) is 0 Å². The Labute approximate surface area is 210 Å². The van der Waals surface area contributed by atoms with Gasteiger partial charge >= 0.3 is 0 Å². The third kappa shape index (κ3) is 6.14. The largest absolute Gasteiger partial charge is 0.352 e. The SMILES string of the molecule is C=CCNC(=O)CSc1nc(-c2ccccc2)c(NC(=O)C2CC(=O)N(c3cccc(F)c3)C2)s1. The minimum atomic E-state index is -0.586. The van der Waals surface area contributed by atoms with Crippen LogP contribution in [-0.2, 0) is 14.4 Å². The number of thiazole rings is 1. The summed E-state index contributed by atoms with van der Waals surface area (Å²) < 4.78 is 14.3. The number of carbonyl (C=O) groups excluding carboxylic acids is 3. The standard InChI is InChI=1S/C25H23FN4O3S2/c1-2-11-27-20(31)15-34-25-28-22(16-7-4-3-5-8-16)24(35-25)29-23(33)17-12-21(32)30(14-17)19-10-6-9-18(26)13-19/h2-10,13,17H,1,11-12,14-15H2,(H,27,31)(H,29,33). The Kier molecular flexibility index (Phi) is 7.94. The van der Waals surface area contributed by atoms with Gasteiger partial charge in [-0.05, 0) is 18.2 Å². The van der Waals surface area contributed by atoms with Crippen molar-refractivity contribution in [2.45, 2.75) is 10.8 Å². The van der Waals surface area contributed by atoms with Crippen molar-refractivity contribution in [3.8, 4) is 11.3 Å². The fourth-order valence-corrected chi connectivity index (χ4v) is 5.49. The van der Waals surface area contributed by atoms with Gasteiger partial charge in [0.1, 0.15) is 16.5 Å². The van der Waals surface area contributed by atoms with Gasteiger partial charge in [0, 0.05) is 30.8 Å². The Balaban J connectivity index is 1.49. The molecule has 1 atom stereocenters. The molecule has 0 radical (unpaired) electrons. The topological polar surface area (TPSA) is 91.4 Å². The Morgan fingerprint density at radius 2 is 2.03 bits per heavy atom. The van der Waals surface area contributed by atoms with Crippen LogP contribution in [0.1, 0.15) is 6.42 Å². The molecule has 0 saturated carbocycles. The molecule has 1 aliphatic heterocycles. The maximum absolute atomic E-state index is 13.6. The van der Waals surface area contributed by atoms with Gasteiger partial charge in [-0.2, -0.15) is 0 Å². The number of nitrogens with one attached hydrogen (secondary N) is 2. The molecule has 7 nitrogen and oxygen atoms in total. The van der Waals surface area contributed by atoms with Crippen LogP contribution in [0.2, 0.25) is 0 Å². The monoisotopic (exact) mass is 510 g/mol. The smallest absolute Gasteiger partial charge is 0.230 e. The molecule has 35 heavy (non-hydrogen) atoms. The summed E-state index contributed by atoms with van der Waals surface area (Å²) in [5.74, 6) is -1.52. The number of benzene rings is 2. The van der Waals surface area contributed by atoms with Crippen molar-refractivity contribution >= 4 is 51.5 Å². The third-order valence-electron chi connectivity index (χ3n) is 5.28. The molecule has 2 N–H and O–H groups in total. The molecule has 3 aromatic rings. The van der Waals surface area contributed by atoms with Gasteiger partial charge in [-0.3, -0.25) is 14.4 Å². The van der Waals surface area contributed by atoms with E-state index in [4.69, 9.17) is 0 Å². The minimum absolute atomic E-state index is 0.0346. The molecule has 0 aliphatic carbocycles. The molecule has 4 rings (SSSR count). The Bertz CT molecular complexity index is 1250. The lowest BCUT2D eigenvalue weighted by atomic mass is 10.1. The highest BCUT2D eigenvalue weighted by Crippen LogP contribution is 2.38. The van der Waals surface area contributed by atoms with E-state index >= 15 is 0 Å². The third-order valence-corrected chi connectivity index (χ3v) is 7.39. The summed E-state index contributed by atoms with van der Waals surface area (Å²) in [6.45, 7) is 4.13. The van der Waals surface area contributed by atoms with Gasteiger partial charge in [0.2, 0.25) is 17.7 Å². The van der Waals surface area contributed by atoms with Gasteiger partial charge in [-0.1, -0.05) is 65.6 Å². The molecule has 2 aromatic carbocycles. The predicted octanol–water partition coefficient (Wildman–Crippen LogP) is 4.34. The summed E-state index contributed by atoms with van der Waals surface area (Å²) in [6, 6.07) is 15.2. The lowest BCUT2D eigenvalue weighted by molar-refractivity contribution is -0.122. The Morgan fingerprint density at radius 3 is 2.77 bits per heavy atom. The number of carbonyl (C=O) groups is 3. The second kappa shape index (κ2) is 11.3. The average Bonchev–Trinajstić information content (AvgIpc) is 3.45. The number of anilines is 2. The molecule has 1 fully saturated rings. The van der Waals surface area contributed by atoms with Crippen LogP contribution in [0, 0.1) is 11.7 Å². The van der Waals surface area contributed by atoms with Gasteiger partial charge in [0.05, 0.1) is 11.7 Å². The first-order valence-electron chi connectivity index (χ1n) is 10.9. The Hall–Kier alpha value is -3.50. The molecule has 10 heteroatoms. The number of thioether (sulfide) groups is 1. The van der Waals surface area contributed by atoms with Crippen LogP contribution >= 0.6 is 23.1 Å². The summed E-state index contributed by atoms with van der Waals surface area (Å²) in [7, 11) is 0. The highest BCUT2D eigenvalue weighted by Gasteiger charge is 2.36. The highest BCUT2D eigenvalue weighted by molar-refractivity contribution is 8.01. The normalized spacial score (nSPS) is 15.2.